The van der Waals surface area contributed by atoms with Crippen LogP contribution in [-0.2, 0) is 9.59 Å². The van der Waals surface area contributed by atoms with E-state index in [0.29, 0.717) is 22.7 Å². The van der Waals surface area contributed by atoms with Crippen LogP contribution < -0.4 is 9.64 Å². The first kappa shape index (κ1) is 20.3. The van der Waals surface area contributed by atoms with Crippen molar-refractivity contribution in [1.29, 1.82) is 0 Å². The van der Waals surface area contributed by atoms with Gasteiger partial charge in [-0.2, -0.15) is 0 Å². The van der Waals surface area contributed by atoms with Gasteiger partial charge in [-0.15, -0.1) is 0 Å². The van der Waals surface area contributed by atoms with Crippen LogP contribution in [0.3, 0.4) is 0 Å². The van der Waals surface area contributed by atoms with Gasteiger partial charge in [-0.1, -0.05) is 36.4 Å². The SMILES string of the molecule is CC(C)Oc1ccc(C(O)=C2C(=O)C(=O)N(c3ccccn3)[C@@H]2c2ccccc2)cc1. The maximum Gasteiger partial charge on any atom is 0.301 e. The van der Waals surface area contributed by atoms with Crippen LogP contribution >= 0.6 is 0 Å². The number of amides is 1. The molecule has 1 N–H and O–H groups in total. The van der Waals surface area contributed by atoms with Crippen molar-refractivity contribution >= 4 is 23.3 Å². The van der Waals surface area contributed by atoms with Gasteiger partial charge in [0.15, 0.2) is 0 Å². The highest BCUT2D eigenvalue weighted by Gasteiger charge is 2.47. The number of anilines is 1. The van der Waals surface area contributed by atoms with E-state index >= 15 is 0 Å². The van der Waals surface area contributed by atoms with Crippen LogP contribution in [0.25, 0.3) is 5.76 Å². The Kier molecular flexibility index (Phi) is 5.54. The van der Waals surface area contributed by atoms with Crippen molar-refractivity contribution in [3.05, 3.63) is 95.7 Å². The van der Waals surface area contributed by atoms with E-state index in [0.717, 1.165) is 0 Å². The molecule has 1 amide bonds. The first-order valence-corrected chi connectivity index (χ1v) is 10.0. The molecular weight excluding hydrogens is 392 g/mol. The number of ether oxygens (including phenoxy) is 1. The molecule has 1 atom stereocenters. The number of ketones is 1. The van der Waals surface area contributed by atoms with Crippen molar-refractivity contribution in [1.82, 2.24) is 4.98 Å². The minimum absolute atomic E-state index is 0.0150. The number of benzene rings is 2. The summed E-state index contributed by atoms with van der Waals surface area (Å²) in [6.45, 7) is 3.85. The molecule has 1 aromatic heterocycles. The smallest absolute Gasteiger partial charge is 0.301 e. The number of hydrogen-bond acceptors (Lipinski definition) is 5. The molecule has 0 aliphatic carbocycles. The molecule has 0 radical (unpaired) electrons. The maximum absolute atomic E-state index is 13.0. The molecule has 1 aliphatic heterocycles. The van der Waals surface area contributed by atoms with Gasteiger partial charge in [-0.3, -0.25) is 14.5 Å². The molecule has 1 saturated heterocycles. The van der Waals surface area contributed by atoms with Crippen LogP contribution in [0.5, 0.6) is 5.75 Å². The Morgan fingerprint density at radius 1 is 0.968 bits per heavy atom. The monoisotopic (exact) mass is 414 g/mol. The molecule has 156 valence electrons. The third-order valence-electron chi connectivity index (χ3n) is 4.96. The van der Waals surface area contributed by atoms with Gasteiger partial charge in [-0.05, 0) is 55.8 Å². The molecule has 0 bridgehead atoms. The first-order chi connectivity index (χ1) is 15.0. The van der Waals surface area contributed by atoms with E-state index < -0.39 is 17.7 Å². The maximum atomic E-state index is 13.0. The number of pyridine rings is 1. The van der Waals surface area contributed by atoms with Crippen molar-refractivity contribution < 1.29 is 19.4 Å². The Balaban J connectivity index is 1.84. The molecule has 0 saturated carbocycles. The van der Waals surface area contributed by atoms with Gasteiger partial charge in [0.2, 0.25) is 0 Å². The fraction of sp³-hybridized carbons (Fsp3) is 0.160. The summed E-state index contributed by atoms with van der Waals surface area (Å²) in [4.78, 5) is 31.6. The quantitative estimate of drug-likeness (QED) is 0.378. The molecule has 2 aromatic carbocycles. The Morgan fingerprint density at radius 2 is 1.65 bits per heavy atom. The summed E-state index contributed by atoms with van der Waals surface area (Å²) in [6.07, 6.45) is 1.57. The number of aliphatic hydroxyl groups is 1. The van der Waals surface area contributed by atoms with Crippen molar-refractivity contribution in [3.63, 3.8) is 0 Å². The number of nitrogens with zero attached hydrogens (tertiary/aromatic N) is 2. The Hall–Kier alpha value is -3.93. The van der Waals surface area contributed by atoms with Gasteiger partial charge in [0, 0.05) is 11.8 Å². The van der Waals surface area contributed by atoms with Crippen LogP contribution in [0, 0.1) is 0 Å². The topological polar surface area (TPSA) is 79.7 Å². The summed E-state index contributed by atoms with van der Waals surface area (Å²) >= 11 is 0. The highest BCUT2D eigenvalue weighted by Crippen LogP contribution is 2.41. The van der Waals surface area contributed by atoms with Gasteiger partial charge in [0.05, 0.1) is 17.7 Å². The number of Topliss-reactive ketones (excluding diaryl/α,β-unsaturated/α-hetero) is 1. The van der Waals surface area contributed by atoms with Crippen molar-refractivity contribution in [3.8, 4) is 5.75 Å². The lowest BCUT2D eigenvalue weighted by molar-refractivity contribution is -0.132. The van der Waals surface area contributed by atoms with Crippen LogP contribution in [0.15, 0.2) is 84.6 Å². The summed E-state index contributed by atoms with van der Waals surface area (Å²) in [5, 5.41) is 11.1. The zero-order chi connectivity index (χ0) is 22.0. The molecule has 0 unspecified atom stereocenters. The minimum Gasteiger partial charge on any atom is -0.507 e. The molecule has 1 fully saturated rings. The third kappa shape index (κ3) is 3.92. The van der Waals surface area contributed by atoms with Crippen molar-refractivity contribution in [2.75, 3.05) is 4.90 Å². The van der Waals surface area contributed by atoms with Gasteiger partial charge in [0.1, 0.15) is 17.3 Å². The van der Waals surface area contributed by atoms with Crippen molar-refractivity contribution in [2.24, 2.45) is 0 Å². The molecule has 4 rings (SSSR count). The average Bonchev–Trinajstić information content (AvgIpc) is 3.05. The lowest BCUT2D eigenvalue weighted by atomic mass is 9.95. The van der Waals surface area contributed by atoms with Gasteiger partial charge in [0.25, 0.3) is 5.78 Å². The highest BCUT2D eigenvalue weighted by molar-refractivity contribution is 6.51. The second-order valence-electron chi connectivity index (χ2n) is 7.46. The van der Waals surface area contributed by atoms with Crippen molar-refractivity contribution in [2.45, 2.75) is 26.0 Å². The van der Waals surface area contributed by atoms with E-state index in [2.05, 4.69) is 4.98 Å². The Morgan fingerprint density at radius 3 is 2.26 bits per heavy atom. The third-order valence-corrected chi connectivity index (χ3v) is 4.96. The number of carbonyl (C=O) groups excluding carboxylic acids is 2. The number of aromatic nitrogens is 1. The molecule has 6 nitrogen and oxygen atoms in total. The summed E-state index contributed by atoms with van der Waals surface area (Å²) in [5.74, 6) is -0.714. The molecule has 1 aliphatic rings. The summed E-state index contributed by atoms with van der Waals surface area (Å²) < 4.78 is 5.64. The normalized spacial score (nSPS) is 17.9. The van der Waals surface area contributed by atoms with Gasteiger partial charge < -0.3 is 9.84 Å². The second-order valence-corrected chi connectivity index (χ2v) is 7.46. The zero-order valence-electron chi connectivity index (χ0n) is 17.2. The van der Waals surface area contributed by atoms with E-state index in [1.54, 1.807) is 48.7 Å². The van der Waals surface area contributed by atoms with Gasteiger partial charge >= 0.3 is 5.91 Å². The van der Waals surface area contributed by atoms with Gasteiger partial charge in [-0.25, -0.2) is 4.98 Å². The lowest BCUT2D eigenvalue weighted by Crippen LogP contribution is -2.30. The Bertz CT molecular complexity index is 1120. The van der Waals surface area contributed by atoms with E-state index in [1.165, 1.54) is 4.90 Å². The lowest BCUT2D eigenvalue weighted by Gasteiger charge is -2.24. The van der Waals surface area contributed by atoms with E-state index in [4.69, 9.17) is 4.74 Å². The molecule has 2 heterocycles. The largest absolute Gasteiger partial charge is 0.507 e. The summed E-state index contributed by atoms with van der Waals surface area (Å²) in [5.41, 5.74) is 1.16. The standard InChI is InChI=1S/C25H22N2O4/c1-16(2)31-19-13-11-18(12-14-19)23(28)21-22(17-8-4-3-5-9-17)27(25(30)24(21)29)20-10-6-7-15-26-20/h3-16,22,28H,1-2H3/t22-/m1/s1. The fourth-order valence-electron chi connectivity index (χ4n) is 3.63. The summed E-state index contributed by atoms with van der Waals surface area (Å²) in [6, 6.07) is 20.3. The predicted octanol–water partition coefficient (Wildman–Crippen LogP) is 4.50. The number of rotatable bonds is 5. The van der Waals surface area contributed by atoms with Crippen LogP contribution in [0.2, 0.25) is 0 Å². The molecule has 6 heteroatoms. The second kappa shape index (κ2) is 8.44. The predicted molar refractivity (Wildman–Crippen MR) is 118 cm³/mol. The minimum atomic E-state index is -0.789. The zero-order valence-corrected chi connectivity index (χ0v) is 17.2. The van der Waals surface area contributed by atoms with E-state index in [9.17, 15) is 14.7 Å². The molecule has 3 aromatic rings. The number of carbonyl (C=O) groups is 2. The molecular formula is C25H22N2O4. The number of aliphatic hydroxyl groups excluding tert-OH is 1. The molecule has 0 spiro atoms. The highest BCUT2D eigenvalue weighted by atomic mass is 16.5. The van der Waals surface area contributed by atoms with E-state index in [1.807, 2.05) is 44.2 Å². The fourth-order valence-corrected chi connectivity index (χ4v) is 3.63. The van der Waals surface area contributed by atoms with Crippen LogP contribution in [-0.4, -0.2) is 27.9 Å². The van der Waals surface area contributed by atoms with Crippen LogP contribution in [0.1, 0.15) is 31.0 Å². The average molecular weight is 414 g/mol. The summed E-state index contributed by atoms with van der Waals surface area (Å²) in [7, 11) is 0. The first-order valence-electron chi connectivity index (χ1n) is 10.0. The number of hydrogen-bond donors (Lipinski definition) is 1. The van der Waals surface area contributed by atoms with E-state index in [-0.39, 0.29) is 17.4 Å². The molecule has 31 heavy (non-hydrogen) atoms. The Labute approximate surface area is 180 Å². The van der Waals surface area contributed by atoms with Crippen LogP contribution in [0.4, 0.5) is 5.82 Å².